The van der Waals surface area contributed by atoms with Gasteiger partial charge in [-0.25, -0.2) is 0 Å². The van der Waals surface area contributed by atoms with Gasteiger partial charge in [0.1, 0.15) is 5.69 Å². The Kier molecular flexibility index (Phi) is 5.04. The van der Waals surface area contributed by atoms with Gasteiger partial charge in [0, 0.05) is 24.2 Å². The molecule has 118 valence electrons. The monoisotopic (exact) mass is 292 g/mol. The van der Waals surface area contributed by atoms with Crippen molar-refractivity contribution in [2.75, 3.05) is 26.2 Å². The number of piperidine rings is 1. The molecule has 0 bridgehead atoms. The highest BCUT2D eigenvalue weighted by atomic mass is 16.2. The zero-order valence-corrected chi connectivity index (χ0v) is 13.7. The van der Waals surface area contributed by atoms with Crippen molar-refractivity contribution in [1.82, 2.24) is 20.4 Å². The molecular weight excluding hydrogens is 264 g/mol. The fraction of sp³-hybridized carbons (Fsp3) is 0.750. The summed E-state index contributed by atoms with van der Waals surface area (Å²) in [6.07, 6.45) is 2.16. The number of amides is 1. The number of nitrogens with one attached hydrogen (secondary N) is 2. The van der Waals surface area contributed by atoms with Crippen LogP contribution in [-0.2, 0) is 5.41 Å². The van der Waals surface area contributed by atoms with Gasteiger partial charge < -0.3 is 10.2 Å². The third kappa shape index (κ3) is 4.06. The number of likely N-dealkylation sites (tertiary alicyclic amines) is 1. The van der Waals surface area contributed by atoms with E-state index in [-0.39, 0.29) is 11.3 Å². The molecule has 1 fully saturated rings. The summed E-state index contributed by atoms with van der Waals surface area (Å²) in [5.74, 6) is 0.752. The average Bonchev–Trinajstić information content (AvgIpc) is 2.95. The predicted octanol–water partition coefficient (Wildman–Crippen LogP) is 2.17. The molecule has 0 atom stereocenters. The number of carbonyl (C=O) groups excluding carboxylic acids is 1. The number of hydrogen-bond donors (Lipinski definition) is 2. The Bertz CT molecular complexity index is 467. The quantitative estimate of drug-likeness (QED) is 0.894. The van der Waals surface area contributed by atoms with Gasteiger partial charge in [-0.3, -0.25) is 9.89 Å². The number of rotatable bonds is 4. The first-order valence-corrected chi connectivity index (χ1v) is 7.97. The Hall–Kier alpha value is -1.36. The normalized spacial score (nSPS) is 17.2. The molecular formula is C16H28N4O. The molecule has 0 radical (unpaired) electrons. The Morgan fingerprint density at radius 1 is 1.43 bits per heavy atom. The van der Waals surface area contributed by atoms with Crippen LogP contribution in [-0.4, -0.2) is 47.2 Å². The fourth-order valence-electron chi connectivity index (χ4n) is 2.67. The van der Waals surface area contributed by atoms with Gasteiger partial charge >= 0.3 is 0 Å². The molecule has 0 spiro atoms. The van der Waals surface area contributed by atoms with Crippen LogP contribution in [0.4, 0.5) is 0 Å². The van der Waals surface area contributed by atoms with Crippen LogP contribution in [0.25, 0.3) is 0 Å². The number of H-pyrrole nitrogens is 1. The van der Waals surface area contributed by atoms with E-state index >= 15 is 0 Å². The second-order valence-corrected chi connectivity index (χ2v) is 6.96. The molecule has 5 nitrogen and oxygen atoms in total. The molecule has 1 aliphatic rings. The molecule has 1 aliphatic heterocycles. The standard InChI is InChI=1S/C16H28N4O/c1-5-17-11-12-6-8-20(9-7-12)15(21)13-10-14(19-18-13)16(2,3)4/h10,12,17H,5-9,11H2,1-4H3,(H,18,19). The highest BCUT2D eigenvalue weighted by molar-refractivity contribution is 5.92. The van der Waals surface area contributed by atoms with E-state index in [0.717, 1.165) is 44.7 Å². The molecule has 0 unspecified atom stereocenters. The highest BCUT2D eigenvalue weighted by Gasteiger charge is 2.26. The lowest BCUT2D eigenvalue weighted by Crippen LogP contribution is -2.40. The van der Waals surface area contributed by atoms with Crippen LogP contribution in [0.1, 0.15) is 56.7 Å². The number of aromatic amines is 1. The SMILES string of the molecule is CCNCC1CCN(C(=O)c2cc(C(C)(C)C)[nH]n2)CC1. The first kappa shape index (κ1) is 16.0. The number of nitrogens with zero attached hydrogens (tertiary/aromatic N) is 2. The van der Waals surface area contributed by atoms with Crippen molar-refractivity contribution in [3.8, 4) is 0 Å². The Labute approximate surface area is 127 Å². The third-order valence-corrected chi connectivity index (χ3v) is 4.19. The minimum absolute atomic E-state index is 0.00958. The van der Waals surface area contributed by atoms with Gasteiger partial charge in [0.05, 0.1) is 0 Å². The van der Waals surface area contributed by atoms with E-state index in [0.29, 0.717) is 11.6 Å². The molecule has 1 saturated heterocycles. The number of carbonyl (C=O) groups is 1. The first-order valence-electron chi connectivity index (χ1n) is 7.97. The van der Waals surface area contributed by atoms with Gasteiger partial charge in [-0.1, -0.05) is 27.7 Å². The molecule has 0 saturated carbocycles. The highest BCUT2D eigenvalue weighted by Crippen LogP contribution is 2.22. The van der Waals surface area contributed by atoms with Crippen LogP contribution in [0.3, 0.4) is 0 Å². The summed E-state index contributed by atoms with van der Waals surface area (Å²) in [6, 6.07) is 1.90. The molecule has 0 aliphatic carbocycles. The van der Waals surface area contributed by atoms with Gasteiger partial charge in [-0.05, 0) is 37.9 Å². The molecule has 0 aromatic carbocycles. The molecule has 5 heteroatoms. The minimum atomic E-state index is -0.00958. The van der Waals surface area contributed by atoms with Gasteiger partial charge in [0.2, 0.25) is 0 Å². The topological polar surface area (TPSA) is 61.0 Å². The maximum absolute atomic E-state index is 12.5. The number of hydrogen-bond acceptors (Lipinski definition) is 3. The van der Waals surface area contributed by atoms with Crippen molar-refractivity contribution in [3.05, 3.63) is 17.5 Å². The summed E-state index contributed by atoms with van der Waals surface area (Å²) < 4.78 is 0. The van der Waals surface area contributed by atoms with E-state index in [9.17, 15) is 4.79 Å². The lowest BCUT2D eigenvalue weighted by molar-refractivity contribution is 0.0684. The lowest BCUT2D eigenvalue weighted by Gasteiger charge is -2.31. The summed E-state index contributed by atoms with van der Waals surface area (Å²) >= 11 is 0. The summed E-state index contributed by atoms with van der Waals surface area (Å²) in [5.41, 5.74) is 1.54. The van der Waals surface area contributed by atoms with E-state index in [1.165, 1.54) is 0 Å². The molecule has 1 amide bonds. The largest absolute Gasteiger partial charge is 0.337 e. The van der Waals surface area contributed by atoms with Crippen LogP contribution in [0, 0.1) is 5.92 Å². The second-order valence-electron chi connectivity index (χ2n) is 6.96. The van der Waals surface area contributed by atoms with Crippen LogP contribution >= 0.6 is 0 Å². The average molecular weight is 292 g/mol. The van der Waals surface area contributed by atoms with Gasteiger partial charge in [-0.2, -0.15) is 5.10 Å². The minimum Gasteiger partial charge on any atom is -0.337 e. The molecule has 2 N–H and O–H groups in total. The predicted molar refractivity (Wildman–Crippen MR) is 84.5 cm³/mol. The lowest BCUT2D eigenvalue weighted by atomic mass is 9.92. The smallest absolute Gasteiger partial charge is 0.274 e. The molecule has 2 heterocycles. The van der Waals surface area contributed by atoms with Crippen LogP contribution in [0.2, 0.25) is 0 Å². The number of aromatic nitrogens is 2. The third-order valence-electron chi connectivity index (χ3n) is 4.19. The van der Waals surface area contributed by atoms with Crippen LogP contribution in [0.15, 0.2) is 6.07 Å². The Balaban J connectivity index is 1.91. The molecule has 21 heavy (non-hydrogen) atoms. The van der Waals surface area contributed by atoms with E-state index < -0.39 is 0 Å². The van der Waals surface area contributed by atoms with Gasteiger partial charge in [0.25, 0.3) is 5.91 Å². The van der Waals surface area contributed by atoms with Crippen molar-refractivity contribution >= 4 is 5.91 Å². The van der Waals surface area contributed by atoms with E-state index in [1.54, 1.807) is 0 Å². The Morgan fingerprint density at radius 2 is 2.10 bits per heavy atom. The maximum Gasteiger partial charge on any atom is 0.274 e. The summed E-state index contributed by atoms with van der Waals surface area (Å²) in [4.78, 5) is 14.4. The van der Waals surface area contributed by atoms with Gasteiger partial charge in [-0.15, -0.1) is 0 Å². The van der Waals surface area contributed by atoms with Gasteiger partial charge in [0.15, 0.2) is 0 Å². The maximum atomic E-state index is 12.5. The zero-order valence-electron chi connectivity index (χ0n) is 13.7. The zero-order chi connectivity index (χ0) is 15.5. The molecule has 1 aromatic heterocycles. The van der Waals surface area contributed by atoms with E-state index in [1.807, 2.05) is 11.0 Å². The first-order chi connectivity index (χ1) is 9.91. The van der Waals surface area contributed by atoms with E-state index in [4.69, 9.17) is 0 Å². The van der Waals surface area contributed by atoms with E-state index in [2.05, 4.69) is 43.2 Å². The Morgan fingerprint density at radius 3 is 2.62 bits per heavy atom. The molecule has 1 aromatic rings. The van der Waals surface area contributed by atoms with Crippen molar-refractivity contribution < 1.29 is 4.79 Å². The van der Waals surface area contributed by atoms with Crippen LogP contribution in [0.5, 0.6) is 0 Å². The van der Waals surface area contributed by atoms with Crippen molar-refractivity contribution in [2.24, 2.45) is 5.92 Å². The van der Waals surface area contributed by atoms with Crippen molar-refractivity contribution in [3.63, 3.8) is 0 Å². The summed E-state index contributed by atoms with van der Waals surface area (Å²) in [7, 11) is 0. The van der Waals surface area contributed by atoms with Crippen molar-refractivity contribution in [2.45, 2.75) is 46.0 Å². The molecule has 2 rings (SSSR count). The van der Waals surface area contributed by atoms with Crippen molar-refractivity contribution in [1.29, 1.82) is 0 Å². The fourth-order valence-corrected chi connectivity index (χ4v) is 2.67. The summed E-state index contributed by atoms with van der Waals surface area (Å²) in [6.45, 7) is 12.2. The second kappa shape index (κ2) is 6.60. The van der Waals surface area contributed by atoms with Crippen LogP contribution < -0.4 is 5.32 Å². The summed E-state index contributed by atoms with van der Waals surface area (Å²) in [5, 5.41) is 10.6.